The molecule has 0 aliphatic carbocycles. The minimum absolute atomic E-state index is 0.225. The molecule has 20 heavy (non-hydrogen) atoms. The number of hydrogen-bond acceptors (Lipinski definition) is 6. The van der Waals surface area contributed by atoms with Crippen molar-refractivity contribution in [1.29, 1.82) is 0 Å². The van der Waals surface area contributed by atoms with Gasteiger partial charge in [-0.1, -0.05) is 30.3 Å². The summed E-state index contributed by atoms with van der Waals surface area (Å²) in [5, 5.41) is 10.4. The molecule has 104 valence electrons. The summed E-state index contributed by atoms with van der Waals surface area (Å²) in [6.07, 6.45) is 1.14. The smallest absolute Gasteiger partial charge is 0.329 e. The van der Waals surface area contributed by atoms with Crippen molar-refractivity contribution in [3.63, 3.8) is 0 Å². The van der Waals surface area contributed by atoms with Crippen LogP contribution in [0.5, 0.6) is 0 Å². The molecule has 1 aromatic carbocycles. The van der Waals surface area contributed by atoms with E-state index in [2.05, 4.69) is 4.98 Å². The molecule has 0 saturated carbocycles. The molecule has 0 aliphatic rings. The lowest BCUT2D eigenvalue weighted by molar-refractivity contribution is -0.387. The Bertz CT molecular complexity index is 745. The van der Waals surface area contributed by atoms with Gasteiger partial charge in [0, 0.05) is 6.20 Å². The zero-order valence-corrected chi connectivity index (χ0v) is 11.1. The average Bonchev–Trinajstić information content (AvgIpc) is 2.38. The van der Waals surface area contributed by atoms with Crippen molar-refractivity contribution in [2.24, 2.45) is 0 Å². The van der Waals surface area contributed by atoms with Crippen LogP contribution in [-0.4, -0.2) is 18.3 Å². The number of anilines is 1. The van der Waals surface area contributed by atoms with Gasteiger partial charge in [0.25, 0.3) is 0 Å². The molecule has 0 fully saturated rings. The predicted octanol–water partition coefficient (Wildman–Crippen LogP) is 1.55. The van der Waals surface area contributed by atoms with E-state index in [0.717, 1.165) is 6.20 Å². The average molecular weight is 293 g/mol. The molecule has 1 aromatic heterocycles. The summed E-state index contributed by atoms with van der Waals surface area (Å²) in [5.74, 6) is -0.370. The number of nitro groups is 1. The summed E-state index contributed by atoms with van der Waals surface area (Å²) in [6.45, 7) is 0. The molecule has 2 rings (SSSR count). The Balaban J connectivity index is 2.50. The van der Waals surface area contributed by atoms with Crippen LogP contribution in [0.15, 0.2) is 47.6 Å². The molecule has 0 bridgehead atoms. The highest BCUT2D eigenvalue weighted by Crippen LogP contribution is 2.29. The number of benzene rings is 1. The first-order valence-electron chi connectivity index (χ1n) is 5.57. The Labute approximate surface area is 115 Å². The molecule has 0 spiro atoms. The van der Waals surface area contributed by atoms with Gasteiger partial charge in [-0.3, -0.25) is 10.1 Å². The van der Waals surface area contributed by atoms with Gasteiger partial charge >= 0.3 is 5.69 Å². The third kappa shape index (κ3) is 2.75. The SMILES string of the molecule is Nc1ccnc(S(=O)(=O)Cc2ccccc2)c1[N+](=O)[O-]. The van der Waals surface area contributed by atoms with E-state index in [9.17, 15) is 18.5 Å². The number of nitrogens with two attached hydrogens (primary N) is 1. The maximum atomic E-state index is 12.3. The van der Waals surface area contributed by atoms with Crippen LogP contribution in [-0.2, 0) is 15.6 Å². The van der Waals surface area contributed by atoms with Gasteiger partial charge in [0.1, 0.15) is 5.69 Å². The van der Waals surface area contributed by atoms with Crippen LogP contribution in [0.2, 0.25) is 0 Å². The van der Waals surface area contributed by atoms with Crippen LogP contribution >= 0.6 is 0 Å². The van der Waals surface area contributed by atoms with Crippen molar-refractivity contribution >= 4 is 21.2 Å². The zero-order valence-electron chi connectivity index (χ0n) is 10.3. The third-order valence-electron chi connectivity index (χ3n) is 2.60. The Morgan fingerprint density at radius 2 is 1.85 bits per heavy atom. The molecule has 2 aromatic rings. The first-order valence-corrected chi connectivity index (χ1v) is 7.22. The van der Waals surface area contributed by atoms with Crippen molar-refractivity contribution < 1.29 is 13.3 Å². The highest BCUT2D eigenvalue weighted by molar-refractivity contribution is 7.90. The Kier molecular flexibility index (Phi) is 3.66. The van der Waals surface area contributed by atoms with Gasteiger partial charge in [0.15, 0.2) is 0 Å². The summed E-state index contributed by atoms with van der Waals surface area (Å²) in [4.78, 5) is 13.7. The highest BCUT2D eigenvalue weighted by atomic mass is 32.2. The van der Waals surface area contributed by atoms with Gasteiger partial charge in [-0.2, -0.15) is 0 Å². The van der Waals surface area contributed by atoms with Gasteiger partial charge in [-0.15, -0.1) is 0 Å². The molecular formula is C12H11N3O4S. The molecular weight excluding hydrogens is 282 g/mol. The molecule has 0 saturated heterocycles. The van der Waals surface area contributed by atoms with Crippen molar-refractivity contribution in [3.05, 3.63) is 58.3 Å². The van der Waals surface area contributed by atoms with E-state index >= 15 is 0 Å². The van der Waals surface area contributed by atoms with Gasteiger partial charge in [0.2, 0.25) is 14.9 Å². The number of nitrogens with zero attached hydrogens (tertiary/aromatic N) is 2. The van der Waals surface area contributed by atoms with Crippen LogP contribution in [0, 0.1) is 10.1 Å². The van der Waals surface area contributed by atoms with Gasteiger partial charge < -0.3 is 5.73 Å². The minimum Gasteiger partial charge on any atom is -0.393 e. The summed E-state index contributed by atoms with van der Waals surface area (Å²) in [6, 6.07) is 9.56. The summed E-state index contributed by atoms with van der Waals surface area (Å²) in [7, 11) is -3.94. The lowest BCUT2D eigenvalue weighted by atomic mass is 10.2. The largest absolute Gasteiger partial charge is 0.393 e. The highest BCUT2D eigenvalue weighted by Gasteiger charge is 2.30. The molecule has 0 radical (unpaired) electrons. The fraction of sp³-hybridized carbons (Fsp3) is 0.0833. The number of hydrogen-bond donors (Lipinski definition) is 1. The summed E-state index contributed by atoms with van der Waals surface area (Å²) >= 11 is 0. The standard InChI is InChI=1S/C12H11N3O4S/c13-10-6-7-14-12(11(10)15(16)17)20(18,19)8-9-4-2-1-3-5-9/h1-7H,8H2,(H2,13,14). The number of sulfone groups is 1. The second-order valence-electron chi connectivity index (χ2n) is 4.06. The Morgan fingerprint density at radius 1 is 1.20 bits per heavy atom. The number of pyridine rings is 1. The van der Waals surface area contributed by atoms with Gasteiger partial charge in [-0.05, 0) is 11.6 Å². The fourth-order valence-corrected chi connectivity index (χ4v) is 3.20. The van der Waals surface area contributed by atoms with Crippen LogP contribution in [0.25, 0.3) is 0 Å². The number of aromatic nitrogens is 1. The summed E-state index contributed by atoms with van der Waals surface area (Å²) in [5.41, 5.74) is 5.08. The molecule has 1 heterocycles. The molecule has 0 atom stereocenters. The van der Waals surface area contributed by atoms with Crippen LogP contribution in [0.4, 0.5) is 11.4 Å². The second kappa shape index (κ2) is 5.25. The third-order valence-corrected chi connectivity index (χ3v) is 4.20. The van der Waals surface area contributed by atoms with E-state index in [1.54, 1.807) is 30.3 Å². The predicted molar refractivity (Wildman–Crippen MR) is 72.6 cm³/mol. The lowest BCUT2D eigenvalue weighted by Crippen LogP contribution is -2.11. The molecule has 0 aliphatic heterocycles. The van der Waals surface area contributed by atoms with Crippen molar-refractivity contribution in [2.75, 3.05) is 5.73 Å². The van der Waals surface area contributed by atoms with Gasteiger partial charge in [-0.25, -0.2) is 13.4 Å². The fourth-order valence-electron chi connectivity index (χ4n) is 1.72. The quantitative estimate of drug-likeness (QED) is 0.675. The Hall–Kier alpha value is -2.48. The van der Waals surface area contributed by atoms with Gasteiger partial charge in [0.05, 0.1) is 10.7 Å². The van der Waals surface area contributed by atoms with Crippen molar-refractivity contribution in [2.45, 2.75) is 10.8 Å². The minimum atomic E-state index is -3.94. The molecule has 8 heteroatoms. The van der Waals surface area contributed by atoms with Crippen LogP contribution in [0.3, 0.4) is 0 Å². The van der Waals surface area contributed by atoms with E-state index < -0.39 is 25.5 Å². The van der Waals surface area contributed by atoms with E-state index in [4.69, 9.17) is 5.73 Å². The maximum absolute atomic E-state index is 12.3. The van der Waals surface area contributed by atoms with E-state index in [1.807, 2.05) is 0 Å². The Morgan fingerprint density at radius 3 is 2.45 bits per heavy atom. The van der Waals surface area contributed by atoms with Crippen molar-refractivity contribution in [3.8, 4) is 0 Å². The monoisotopic (exact) mass is 293 g/mol. The molecule has 0 unspecified atom stereocenters. The molecule has 7 nitrogen and oxygen atoms in total. The van der Waals surface area contributed by atoms with E-state index in [0.29, 0.717) is 5.56 Å². The van der Waals surface area contributed by atoms with Crippen molar-refractivity contribution in [1.82, 2.24) is 4.98 Å². The van der Waals surface area contributed by atoms with Crippen LogP contribution < -0.4 is 5.73 Å². The number of rotatable bonds is 4. The maximum Gasteiger partial charge on any atom is 0.329 e. The summed E-state index contributed by atoms with van der Waals surface area (Å²) < 4.78 is 24.5. The number of nitrogen functional groups attached to an aromatic ring is 1. The lowest BCUT2D eigenvalue weighted by Gasteiger charge is -2.06. The molecule has 2 N–H and O–H groups in total. The first kappa shape index (κ1) is 13.9. The van der Waals surface area contributed by atoms with E-state index in [-0.39, 0.29) is 11.4 Å². The first-order chi connectivity index (χ1) is 9.42. The van der Waals surface area contributed by atoms with E-state index in [1.165, 1.54) is 6.07 Å². The normalized spacial score (nSPS) is 11.2. The molecule has 0 amide bonds. The second-order valence-corrected chi connectivity index (χ2v) is 5.96. The van der Waals surface area contributed by atoms with Crippen LogP contribution in [0.1, 0.15) is 5.56 Å². The topological polar surface area (TPSA) is 116 Å². The zero-order chi connectivity index (χ0) is 14.8.